The summed E-state index contributed by atoms with van der Waals surface area (Å²) in [5, 5.41) is 8.45. The van der Waals surface area contributed by atoms with Gasteiger partial charge in [0.25, 0.3) is 0 Å². The van der Waals surface area contributed by atoms with Gasteiger partial charge >= 0.3 is 5.97 Å². The molecule has 12 heavy (non-hydrogen) atoms. The van der Waals surface area contributed by atoms with Crippen molar-refractivity contribution in [1.82, 2.24) is 0 Å². The maximum atomic E-state index is 10.3. The van der Waals surface area contributed by atoms with Gasteiger partial charge in [-0.1, -0.05) is 26.7 Å². The number of rotatable bonds is 6. The van der Waals surface area contributed by atoms with Crippen LogP contribution in [-0.2, 0) is 4.79 Å². The van der Waals surface area contributed by atoms with Gasteiger partial charge < -0.3 is 10.8 Å². The van der Waals surface area contributed by atoms with Crippen molar-refractivity contribution in [3.63, 3.8) is 0 Å². The van der Waals surface area contributed by atoms with Crippen molar-refractivity contribution in [3.8, 4) is 0 Å². The van der Waals surface area contributed by atoms with E-state index in [9.17, 15) is 4.79 Å². The molecule has 0 bridgehead atoms. The van der Waals surface area contributed by atoms with Crippen LogP contribution in [0.5, 0.6) is 0 Å². The largest absolute Gasteiger partial charge is 0.481 e. The zero-order chi connectivity index (χ0) is 9.56. The molecule has 0 radical (unpaired) electrons. The third kappa shape index (κ3) is 6.16. The Balaban J connectivity index is 3.53. The van der Waals surface area contributed by atoms with Gasteiger partial charge in [-0.2, -0.15) is 0 Å². The van der Waals surface area contributed by atoms with Crippen LogP contribution >= 0.6 is 0 Å². The highest BCUT2D eigenvalue weighted by Gasteiger charge is 2.11. The molecule has 1 unspecified atom stereocenters. The zero-order valence-electron chi connectivity index (χ0n) is 7.92. The van der Waals surface area contributed by atoms with Crippen LogP contribution in [0.3, 0.4) is 0 Å². The average Bonchev–Trinajstić information content (AvgIpc) is 1.84. The van der Waals surface area contributed by atoms with Crippen molar-refractivity contribution in [1.29, 1.82) is 0 Å². The first-order valence-electron chi connectivity index (χ1n) is 4.53. The third-order valence-corrected chi connectivity index (χ3v) is 1.92. The Morgan fingerprint density at radius 1 is 1.58 bits per heavy atom. The number of carboxylic acids is 1. The Labute approximate surface area is 74.0 Å². The lowest BCUT2D eigenvalue weighted by atomic mass is 9.96. The first-order chi connectivity index (χ1) is 5.56. The van der Waals surface area contributed by atoms with Crippen LogP contribution in [0.4, 0.5) is 0 Å². The third-order valence-electron chi connectivity index (χ3n) is 1.92. The van der Waals surface area contributed by atoms with Gasteiger partial charge in [0.1, 0.15) is 0 Å². The Kier molecular flexibility index (Phi) is 5.72. The maximum absolute atomic E-state index is 10.3. The SMILES string of the molecule is CCCC(C)C[C@H](N)CC(=O)O. The van der Waals surface area contributed by atoms with Crippen molar-refractivity contribution in [2.45, 2.75) is 45.6 Å². The van der Waals surface area contributed by atoms with E-state index in [2.05, 4.69) is 13.8 Å². The van der Waals surface area contributed by atoms with E-state index in [-0.39, 0.29) is 12.5 Å². The summed E-state index contributed by atoms with van der Waals surface area (Å²) in [6, 6.07) is -0.177. The van der Waals surface area contributed by atoms with E-state index in [1.165, 1.54) is 0 Å². The molecule has 0 aromatic rings. The predicted octanol–water partition coefficient (Wildman–Crippen LogP) is 1.61. The van der Waals surface area contributed by atoms with Crippen molar-refractivity contribution in [2.75, 3.05) is 0 Å². The van der Waals surface area contributed by atoms with Crippen molar-refractivity contribution in [3.05, 3.63) is 0 Å². The molecular formula is C9H19NO2. The molecule has 0 saturated heterocycles. The lowest BCUT2D eigenvalue weighted by molar-refractivity contribution is -0.137. The standard InChI is InChI=1S/C9H19NO2/c1-3-4-7(2)5-8(10)6-9(11)12/h7-8H,3-6,10H2,1-2H3,(H,11,12)/t7?,8-/m0/s1. The molecule has 0 aliphatic heterocycles. The fourth-order valence-electron chi connectivity index (χ4n) is 1.44. The average molecular weight is 173 g/mol. The lowest BCUT2D eigenvalue weighted by Crippen LogP contribution is -2.25. The molecule has 0 amide bonds. The van der Waals surface area contributed by atoms with E-state index in [1.807, 2.05) is 0 Å². The van der Waals surface area contributed by atoms with Gasteiger partial charge in [0.2, 0.25) is 0 Å². The van der Waals surface area contributed by atoms with Crippen molar-refractivity contribution >= 4 is 5.97 Å². The van der Waals surface area contributed by atoms with Crippen molar-refractivity contribution < 1.29 is 9.90 Å². The molecule has 3 heteroatoms. The number of aliphatic carboxylic acids is 1. The van der Waals surface area contributed by atoms with Crippen molar-refractivity contribution in [2.24, 2.45) is 11.7 Å². The molecule has 0 aliphatic carbocycles. The number of hydrogen-bond acceptors (Lipinski definition) is 2. The minimum Gasteiger partial charge on any atom is -0.481 e. The van der Waals surface area contributed by atoms with Crippen LogP contribution in [0.1, 0.15) is 39.5 Å². The minimum atomic E-state index is -0.800. The molecule has 0 rings (SSSR count). The second-order valence-corrected chi connectivity index (χ2v) is 3.49. The molecule has 0 saturated carbocycles. The maximum Gasteiger partial charge on any atom is 0.304 e. The second-order valence-electron chi connectivity index (χ2n) is 3.49. The number of hydrogen-bond donors (Lipinski definition) is 2. The Hall–Kier alpha value is -0.570. The van der Waals surface area contributed by atoms with Crippen LogP contribution in [-0.4, -0.2) is 17.1 Å². The van der Waals surface area contributed by atoms with E-state index in [4.69, 9.17) is 10.8 Å². The van der Waals surface area contributed by atoms with Gasteiger partial charge in [-0.15, -0.1) is 0 Å². The highest BCUT2D eigenvalue weighted by Crippen LogP contribution is 2.12. The summed E-state index contributed by atoms with van der Waals surface area (Å²) >= 11 is 0. The molecular weight excluding hydrogens is 154 g/mol. The molecule has 0 aromatic heterocycles. The van der Waals surface area contributed by atoms with Gasteiger partial charge in [0.15, 0.2) is 0 Å². The van der Waals surface area contributed by atoms with Gasteiger partial charge in [-0.3, -0.25) is 4.79 Å². The Morgan fingerprint density at radius 2 is 2.17 bits per heavy atom. The molecule has 0 aliphatic rings. The van der Waals surface area contributed by atoms with Crippen LogP contribution in [0.2, 0.25) is 0 Å². The second kappa shape index (κ2) is 6.00. The molecule has 2 atom stereocenters. The quantitative estimate of drug-likeness (QED) is 0.641. The summed E-state index contributed by atoms with van der Waals surface area (Å²) in [7, 11) is 0. The summed E-state index contributed by atoms with van der Waals surface area (Å²) < 4.78 is 0. The Morgan fingerprint density at radius 3 is 2.58 bits per heavy atom. The summed E-state index contributed by atoms with van der Waals surface area (Å²) in [4.78, 5) is 10.3. The van der Waals surface area contributed by atoms with E-state index in [1.54, 1.807) is 0 Å². The topological polar surface area (TPSA) is 63.3 Å². The summed E-state index contributed by atoms with van der Waals surface area (Å²) in [5.41, 5.74) is 5.62. The van der Waals surface area contributed by atoms with Gasteiger partial charge in [-0.25, -0.2) is 0 Å². The number of nitrogens with two attached hydrogens (primary N) is 1. The van der Waals surface area contributed by atoms with Gasteiger partial charge in [0, 0.05) is 6.04 Å². The summed E-state index contributed by atoms with van der Waals surface area (Å²) in [6.45, 7) is 4.24. The lowest BCUT2D eigenvalue weighted by Gasteiger charge is -2.14. The molecule has 3 N–H and O–H groups in total. The van der Waals surface area contributed by atoms with Crippen LogP contribution in [0.25, 0.3) is 0 Å². The molecule has 0 heterocycles. The zero-order valence-corrected chi connectivity index (χ0v) is 7.92. The summed E-state index contributed by atoms with van der Waals surface area (Å²) in [6.07, 6.45) is 3.18. The fraction of sp³-hybridized carbons (Fsp3) is 0.889. The Bertz CT molecular complexity index is 136. The van der Waals surface area contributed by atoms with Crippen LogP contribution in [0, 0.1) is 5.92 Å². The van der Waals surface area contributed by atoms with E-state index < -0.39 is 5.97 Å². The van der Waals surface area contributed by atoms with Gasteiger partial charge in [-0.05, 0) is 12.3 Å². The molecule has 0 aromatic carbocycles. The smallest absolute Gasteiger partial charge is 0.304 e. The molecule has 72 valence electrons. The minimum absolute atomic E-state index is 0.0913. The molecule has 0 spiro atoms. The van der Waals surface area contributed by atoms with E-state index >= 15 is 0 Å². The highest BCUT2D eigenvalue weighted by molar-refractivity contribution is 5.67. The first-order valence-corrected chi connectivity index (χ1v) is 4.53. The molecule has 0 fully saturated rings. The highest BCUT2D eigenvalue weighted by atomic mass is 16.4. The monoisotopic (exact) mass is 173 g/mol. The number of carboxylic acid groups (broad SMARTS) is 1. The fourth-order valence-corrected chi connectivity index (χ4v) is 1.44. The van der Waals surface area contributed by atoms with Gasteiger partial charge in [0.05, 0.1) is 6.42 Å². The predicted molar refractivity (Wildman–Crippen MR) is 48.9 cm³/mol. The van der Waals surface area contributed by atoms with E-state index in [0.717, 1.165) is 19.3 Å². The number of carbonyl (C=O) groups is 1. The normalized spacial score (nSPS) is 15.6. The molecule has 3 nitrogen and oxygen atoms in total. The van der Waals surface area contributed by atoms with E-state index in [0.29, 0.717) is 5.92 Å². The summed E-state index contributed by atoms with van der Waals surface area (Å²) in [5.74, 6) is -0.254. The first kappa shape index (κ1) is 11.4. The van der Waals surface area contributed by atoms with Crippen LogP contribution in [0.15, 0.2) is 0 Å². The van der Waals surface area contributed by atoms with Crippen LogP contribution < -0.4 is 5.73 Å².